The van der Waals surface area contributed by atoms with Gasteiger partial charge in [0.1, 0.15) is 11.5 Å². The van der Waals surface area contributed by atoms with E-state index in [9.17, 15) is 9.90 Å². The van der Waals surface area contributed by atoms with Crippen LogP contribution < -0.4 is 15.0 Å². The Balaban J connectivity index is 1.32. The number of phenolic OH excluding ortho intramolecular Hbond substituents is 1. The number of fused-ring (bicyclic) bond motifs is 1. The summed E-state index contributed by atoms with van der Waals surface area (Å²) >= 11 is 0. The van der Waals surface area contributed by atoms with Crippen molar-refractivity contribution >= 4 is 23.1 Å². The summed E-state index contributed by atoms with van der Waals surface area (Å²) in [7, 11) is 2.11. The maximum atomic E-state index is 12.2. The standard InChI is InChI=1S/C24H25N5O3/c1-28-11-13-29(14-12-28)17-6-7-18(20(31)15-17)26-24-25-10-9-22(27-24)32-21-4-2-3-16-5-8-19(30)23(16)21/h2-4,6-7,9-10,15,31H,5,8,11-14H2,1H3,(H,25,26,27). The Morgan fingerprint density at radius 2 is 1.91 bits per heavy atom. The second kappa shape index (κ2) is 8.47. The number of carbonyl (C=O) groups excluding carboxylic acids is 1. The first kappa shape index (κ1) is 20.3. The second-order valence-electron chi connectivity index (χ2n) is 8.15. The molecule has 2 N–H and O–H groups in total. The van der Waals surface area contributed by atoms with Gasteiger partial charge in [0.15, 0.2) is 5.78 Å². The molecular weight excluding hydrogens is 406 g/mol. The highest BCUT2D eigenvalue weighted by molar-refractivity contribution is 6.02. The van der Waals surface area contributed by atoms with Gasteiger partial charge in [-0.1, -0.05) is 12.1 Å². The molecule has 0 radical (unpaired) electrons. The van der Waals surface area contributed by atoms with Gasteiger partial charge in [-0.15, -0.1) is 0 Å². The van der Waals surface area contributed by atoms with E-state index < -0.39 is 0 Å². The molecule has 1 aliphatic carbocycles. The van der Waals surface area contributed by atoms with Crippen LogP contribution in [0, 0.1) is 0 Å². The number of ketones is 1. The SMILES string of the molecule is CN1CCN(c2ccc(Nc3nccc(Oc4cccc5c4C(=O)CC5)n3)c(O)c2)CC1. The van der Waals surface area contributed by atoms with Crippen molar-refractivity contribution in [1.82, 2.24) is 14.9 Å². The number of carbonyl (C=O) groups is 1. The largest absolute Gasteiger partial charge is 0.506 e. The molecule has 32 heavy (non-hydrogen) atoms. The average molecular weight is 431 g/mol. The van der Waals surface area contributed by atoms with Crippen molar-refractivity contribution in [2.24, 2.45) is 0 Å². The Morgan fingerprint density at radius 1 is 1.06 bits per heavy atom. The average Bonchev–Trinajstić information content (AvgIpc) is 3.18. The molecule has 164 valence electrons. The Labute approximate surface area is 186 Å². The van der Waals surface area contributed by atoms with E-state index in [4.69, 9.17) is 4.74 Å². The molecule has 1 aliphatic heterocycles. The van der Waals surface area contributed by atoms with E-state index in [0.717, 1.165) is 43.9 Å². The molecule has 0 bridgehead atoms. The number of aryl methyl sites for hydroxylation is 1. The number of benzene rings is 2. The highest BCUT2D eigenvalue weighted by atomic mass is 16.5. The van der Waals surface area contributed by atoms with E-state index in [-0.39, 0.29) is 11.5 Å². The van der Waals surface area contributed by atoms with Crippen LogP contribution in [0.25, 0.3) is 0 Å². The Bertz CT molecular complexity index is 1160. The maximum absolute atomic E-state index is 12.2. The van der Waals surface area contributed by atoms with E-state index in [1.54, 1.807) is 24.4 Å². The molecule has 3 aromatic rings. The molecule has 1 fully saturated rings. The van der Waals surface area contributed by atoms with Gasteiger partial charge < -0.3 is 25.0 Å². The van der Waals surface area contributed by atoms with Crippen LogP contribution in [0.4, 0.5) is 17.3 Å². The smallest absolute Gasteiger partial charge is 0.230 e. The molecule has 2 aliphatic rings. The van der Waals surface area contributed by atoms with Crippen molar-refractivity contribution in [3.63, 3.8) is 0 Å². The fraction of sp³-hybridized carbons (Fsp3) is 0.292. The van der Waals surface area contributed by atoms with E-state index in [1.165, 1.54) is 0 Å². The highest BCUT2D eigenvalue weighted by Crippen LogP contribution is 2.34. The number of anilines is 3. The van der Waals surface area contributed by atoms with Gasteiger partial charge >= 0.3 is 0 Å². The second-order valence-corrected chi connectivity index (χ2v) is 8.15. The van der Waals surface area contributed by atoms with Gasteiger partial charge in [-0.2, -0.15) is 4.98 Å². The predicted octanol–water partition coefficient (Wildman–Crippen LogP) is 3.60. The van der Waals surface area contributed by atoms with E-state index in [0.29, 0.717) is 35.2 Å². The van der Waals surface area contributed by atoms with Gasteiger partial charge in [0.25, 0.3) is 0 Å². The van der Waals surface area contributed by atoms with Crippen LogP contribution >= 0.6 is 0 Å². The molecule has 0 unspecified atom stereocenters. The molecule has 2 aromatic carbocycles. The number of hydrogen-bond donors (Lipinski definition) is 2. The molecule has 2 heterocycles. The molecule has 5 rings (SSSR count). The van der Waals surface area contributed by atoms with Gasteiger partial charge in [0.05, 0.1) is 11.3 Å². The number of Topliss-reactive ketones (excluding diaryl/α,β-unsaturated/α-hetero) is 1. The van der Waals surface area contributed by atoms with Crippen LogP contribution in [-0.2, 0) is 6.42 Å². The number of nitrogens with zero attached hydrogens (tertiary/aromatic N) is 4. The third kappa shape index (κ3) is 4.09. The highest BCUT2D eigenvalue weighted by Gasteiger charge is 2.24. The minimum atomic E-state index is 0.0911. The van der Waals surface area contributed by atoms with Crippen molar-refractivity contribution < 1.29 is 14.6 Å². The third-order valence-corrected chi connectivity index (χ3v) is 5.95. The zero-order valence-electron chi connectivity index (χ0n) is 17.9. The number of hydrogen-bond acceptors (Lipinski definition) is 8. The fourth-order valence-corrected chi connectivity index (χ4v) is 4.14. The molecule has 8 nitrogen and oxygen atoms in total. The summed E-state index contributed by atoms with van der Waals surface area (Å²) in [5.74, 6) is 1.35. The van der Waals surface area contributed by atoms with E-state index >= 15 is 0 Å². The molecule has 0 saturated carbocycles. The minimum absolute atomic E-state index is 0.0911. The predicted molar refractivity (Wildman–Crippen MR) is 122 cm³/mol. The first-order chi connectivity index (χ1) is 15.6. The Kier molecular flexibility index (Phi) is 5.36. The van der Waals surface area contributed by atoms with Gasteiger partial charge in [-0.05, 0) is 37.2 Å². The van der Waals surface area contributed by atoms with Crippen LogP contribution in [0.15, 0.2) is 48.7 Å². The quantitative estimate of drug-likeness (QED) is 0.592. The van der Waals surface area contributed by atoms with Crippen molar-refractivity contribution in [3.05, 3.63) is 59.8 Å². The Hall–Kier alpha value is -3.65. The third-order valence-electron chi connectivity index (χ3n) is 5.95. The summed E-state index contributed by atoms with van der Waals surface area (Å²) in [5, 5.41) is 13.6. The topological polar surface area (TPSA) is 90.8 Å². The number of nitrogens with one attached hydrogen (secondary N) is 1. The number of phenols is 1. The van der Waals surface area contributed by atoms with Crippen LogP contribution in [0.5, 0.6) is 17.4 Å². The lowest BCUT2D eigenvalue weighted by atomic mass is 10.1. The molecule has 0 amide bonds. The zero-order chi connectivity index (χ0) is 22.1. The van der Waals surface area contributed by atoms with Gasteiger partial charge in [-0.25, -0.2) is 4.98 Å². The van der Waals surface area contributed by atoms with Crippen molar-refractivity contribution in [1.29, 1.82) is 0 Å². The molecule has 0 spiro atoms. The molecule has 1 saturated heterocycles. The zero-order valence-corrected chi connectivity index (χ0v) is 17.9. The van der Waals surface area contributed by atoms with Crippen LogP contribution in [-0.4, -0.2) is 59.0 Å². The number of rotatable bonds is 5. The molecular formula is C24H25N5O3. The lowest BCUT2D eigenvalue weighted by molar-refractivity contribution is 0.0992. The monoisotopic (exact) mass is 431 g/mol. The molecule has 1 aromatic heterocycles. The summed E-state index contributed by atoms with van der Waals surface area (Å²) < 4.78 is 5.92. The summed E-state index contributed by atoms with van der Waals surface area (Å²) in [6.07, 6.45) is 2.83. The summed E-state index contributed by atoms with van der Waals surface area (Å²) in [6.45, 7) is 3.85. The number of aromatic nitrogens is 2. The number of ether oxygens (including phenoxy) is 1. The van der Waals surface area contributed by atoms with E-state index in [1.807, 2.05) is 24.3 Å². The number of piperazine rings is 1. The van der Waals surface area contributed by atoms with Gasteiger partial charge in [0, 0.05) is 56.6 Å². The number of likely N-dealkylation sites (N-methyl/N-ethyl adjacent to an activating group) is 1. The van der Waals surface area contributed by atoms with Crippen LogP contribution in [0.2, 0.25) is 0 Å². The lowest BCUT2D eigenvalue weighted by Crippen LogP contribution is -2.44. The van der Waals surface area contributed by atoms with E-state index in [2.05, 4.69) is 32.1 Å². The molecule has 0 atom stereocenters. The fourth-order valence-electron chi connectivity index (χ4n) is 4.14. The first-order valence-corrected chi connectivity index (χ1v) is 10.8. The van der Waals surface area contributed by atoms with Crippen molar-refractivity contribution in [2.45, 2.75) is 12.8 Å². The van der Waals surface area contributed by atoms with Crippen LogP contribution in [0.1, 0.15) is 22.3 Å². The lowest BCUT2D eigenvalue weighted by Gasteiger charge is -2.34. The van der Waals surface area contributed by atoms with Crippen molar-refractivity contribution in [3.8, 4) is 17.4 Å². The first-order valence-electron chi connectivity index (χ1n) is 10.8. The number of aromatic hydroxyl groups is 1. The van der Waals surface area contributed by atoms with Crippen LogP contribution in [0.3, 0.4) is 0 Å². The summed E-state index contributed by atoms with van der Waals surface area (Å²) in [4.78, 5) is 25.4. The summed E-state index contributed by atoms with van der Waals surface area (Å²) in [6, 6.07) is 12.8. The van der Waals surface area contributed by atoms with Crippen molar-refractivity contribution in [2.75, 3.05) is 43.4 Å². The van der Waals surface area contributed by atoms with Gasteiger partial charge in [0.2, 0.25) is 11.8 Å². The summed E-state index contributed by atoms with van der Waals surface area (Å²) in [5.41, 5.74) is 3.14. The minimum Gasteiger partial charge on any atom is -0.506 e. The maximum Gasteiger partial charge on any atom is 0.230 e. The molecule has 8 heteroatoms. The van der Waals surface area contributed by atoms with Gasteiger partial charge in [-0.3, -0.25) is 4.79 Å². The Morgan fingerprint density at radius 3 is 2.72 bits per heavy atom. The normalized spacial score (nSPS) is 16.2.